The lowest BCUT2D eigenvalue weighted by molar-refractivity contribution is 0.0396. The summed E-state index contributed by atoms with van der Waals surface area (Å²) in [5.41, 5.74) is 2.74. The highest BCUT2D eigenvalue weighted by molar-refractivity contribution is 5.89. The zero-order valence-corrected chi connectivity index (χ0v) is 23.9. The molecule has 0 unspecified atom stereocenters. The van der Waals surface area contributed by atoms with E-state index in [0.717, 1.165) is 35.1 Å². The predicted molar refractivity (Wildman–Crippen MR) is 151 cm³/mol. The summed E-state index contributed by atoms with van der Waals surface area (Å²) < 4.78 is 17.1. The first kappa shape index (κ1) is 28.7. The number of benzene rings is 2. The van der Waals surface area contributed by atoms with Gasteiger partial charge in [-0.15, -0.1) is 5.10 Å². The number of carbonyl (C=O) groups excluding carboxylic acids is 1. The van der Waals surface area contributed by atoms with Crippen molar-refractivity contribution < 1.29 is 23.5 Å². The van der Waals surface area contributed by atoms with Gasteiger partial charge >= 0.3 is 11.8 Å². The van der Waals surface area contributed by atoms with E-state index in [4.69, 9.17) is 13.6 Å². The molecule has 3 aromatic heterocycles. The number of aliphatic hydroxyl groups is 1. The summed E-state index contributed by atoms with van der Waals surface area (Å²) in [4.78, 5) is 29.3. The van der Waals surface area contributed by atoms with E-state index < -0.39 is 17.4 Å². The highest BCUT2D eigenvalue weighted by atomic mass is 16.6. The molecule has 0 aliphatic rings. The average Bonchev–Trinajstić information content (AvgIpc) is 3.70. The van der Waals surface area contributed by atoms with Crippen LogP contribution >= 0.6 is 0 Å². The van der Waals surface area contributed by atoms with E-state index in [2.05, 4.69) is 32.5 Å². The van der Waals surface area contributed by atoms with Gasteiger partial charge in [0.25, 0.3) is 0 Å². The molecule has 0 fully saturated rings. The third kappa shape index (κ3) is 6.08. The van der Waals surface area contributed by atoms with Gasteiger partial charge in [0.1, 0.15) is 11.4 Å². The van der Waals surface area contributed by atoms with Crippen LogP contribution in [0.5, 0.6) is 0 Å². The number of ether oxygens (including phenoxy) is 1. The van der Waals surface area contributed by atoms with Crippen LogP contribution in [-0.4, -0.2) is 41.3 Å². The topological polar surface area (TPSA) is 162 Å². The molecule has 5 rings (SSSR count). The van der Waals surface area contributed by atoms with E-state index in [1.807, 2.05) is 53.1 Å². The maximum absolute atomic E-state index is 13.3. The monoisotopic (exact) mass is 572 g/mol. The molecule has 5 aromatic rings. The van der Waals surface area contributed by atoms with Gasteiger partial charge in [-0.3, -0.25) is 0 Å². The molecule has 0 bridgehead atoms. The fourth-order valence-electron chi connectivity index (χ4n) is 4.85. The molecule has 0 amide bonds. The summed E-state index contributed by atoms with van der Waals surface area (Å²) in [5.74, 6) is -0.0162. The second-order valence-corrected chi connectivity index (χ2v) is 10.5. The standard InChI is InChI=1S/C30H32N6O6/c1-5-6-11-24-31-25(28(37)40-17-23-18(2)41-29(38)42-23)26(30(3,4)39)36(24)16-19-12-14-20(15-13-19)21-9-7-8-10-22(21)27-32-34-35-33-27/h7-10,12-15,39H,5-6,11,16-17H2,1-4H3,(H,32,33,34,35). The minimum atomic E-state index is -1.41. The fraction of sp³-hybridized carbons (Fsp3) is 0.333. The number of hydrogen-bond donors (Lipinski definition) is 2. The average molecular weight is 573 g/mol. The fourth-order valence-corrected chi connectivity index (χ4v) is 4.85. The van der Waals surface area contributed by atoms with Crippen LogP contribution in [0.1, 0.15) is 72.7 Å². The molecule has 42 heavy (non-hydrogen) atoms. The summed E-state index contributed by atoms with van der Waals surface area (Å²) in [7, 11) is 0. The van der Waals surface area contributed by atoms with Crippen LogP contribution in [0.25, 0.3) is 22.5 Å². The molecule has 12 heteroatoms. The number of nitrogens with zero attached hydrogens (tertiary/aromatic N) is 5. The maximum Gasteiger partial charge on any atom is 0.519 e. The van der Waals surface area contributed by atoms with Crippen molar-refractivity contribution >= 4 is 5.97 Å². The van der Waals surface area contributed by atoms with Gasteiger partial charge in [0, 0.05) is 18.5 Å². The first-order valence-electron chi connectivity index (χ1n) is 13.7. The van der Waals surface area contributed by atoms with Crippen LogP contribution in [0.3, 0.4) is 0 Å². The Kier molecular flexibility index (Phi) is 8.16. The van der Waals surface area contributed by atoms with Crippen molar-refractivity contribution in [1.29, 1.82) is 0 Å². The van der Waals surface area contributed by atoms with Gasteiger partial charge in [0.05, 0.1) is 5.69 Å². The van der Waals surface area contributed by atoms with Crippen molar-refractivity contribution in [2.24, 2.45) is 0 Å². The minimum Gasteiger partial charge on any atom is -0.453 e. The summed E-state index contributed by atoms with van der Waals surface area (Å²) in [6.07, 6.45) is 2.39. The van der Waals surface area contributed by atoms with Gasteiger partial charge in [0.15, 0.2) is 29.6 Å². The number of hydrogen-bond acceptors (Lipinski definition) is 10. The number of nitrogens with one attached hydrogen (secondary N) is 1. The van der Waals surface area contributed by atoms with E-state index in [1.54, 1.807) is 20.8 Å². The van der Waals surface area contributed by atoms with Crippen molar-refractivity contribution in [3.63, 3.8) is 0 Å². The molecule has 218 valence electrons. The number of esters is 1. The molecule has 2 N–H and O–H groups in total. The third-order valence-electron chi connectivity index (χ3n) is 6.88. The molecule has 2 aromatic carbocycles. The van der Waals surface area contributed by atoms with Crippen LogP contribution in [-0.2, 0) is 29.9 Å². The Balaban J connectivity index is 1.46. The predicted octanol–water partition coefficient (Wildman–Crippen LogP) is 4.56. The molecular formula is C30H32N6O6. The molecule has 0 aliphatic heterocycles. The first-order chi connectivity index (χ1) is 20.2. The van der Waals surface area contributed by atoms with E-state index in [0.29, 0.717) is 30.3 Å². The van der Waals surface area contributed by atoms with Crippen LogP contribution in [0.4, 0.5) is 0 Å². The Hall–Kier alpha value is -4.84. The Labute approximate surface area is 241 Å². The van der Waals surface area contributed by atoms with Crippen molar-refractivity contribution in [2.75, 3.05) is 0 Å². The Morgan fingerprint density at radius 3 is 2.45 bits per heavy atom. The number of rotatable bonds is 11. The van der Waals surface area contributed by atoms with E-state index >= 15 is 0 Å². The van der Waals surface area contributed by atoms with Gasteiger partial charge in [0.2, 0.25) is 0 Å². The van der Waals surface area contributed by atoms with Crippen LogP contribution in [0.2, 0.25) is 0 Å². The summed E-state index contributed by atoms with van der Waals surface area (Å²) in [6, 6.07) is 15.9. The lowest BCUT2D eigenvalue weighted by Gasteiger charge is -2.22. The van der Waals surface area contributed by atoms with Crippen molar-refractivity contribution in [2.45, 2.75) is 65.7 Å². The number of aromatic amines is 1. The summed E-state index contributed by atoms with van der Waals surface area (Å²) >= 11 is 0. The Morgan fingerprint density at radius 1 is 1.10 bits per heavy atom. The highest BCUT2D eigenvalue weighted by Crippen LogP contribution is 2.31. The highest BCUT2D eigenvalue weighted by Gasteiger charge is 2.33. The Morgan fingerprint density at radius 2 is 1.83 bits per heavy atom. The molecule has 0 radical (unpaired) electrons. The summed E-state index contributed by atoms with van der Waals surface area (Å²) in [6.45, 7) is 6.92. The van der Waals surface area contributed by atoms with Crippen molar-refractivity contribution in [1.82, 2.24) is 30.2 Å². The van der Waals surface area contributed by atoms with Gasteiger partial charge in [-0.1, -0.05) is 61.9 Å². The number of carbonyl (C=O) groups is 1. The van der Waals surface area contributed by atoms with Crippen LogP contribution in [0.15, 0.2) is 62.2 Å². The number of H-pyrrole nitrogens is 1. The molecule has 0 spiro atoms. The Bertz CT molecular complexity index is 1730. The van der Waals surface area contributed by atoms with E-state index in [9.17, 15) is 14.7 Å². The van der Waals surface area contributed by atoms with Gasteiger partial charge in [-0.25, -0.2) is 19.7 Å². The van der Waals surface area contributed by atoms with Crippen LogP contribution in [0, 0.1) is 6.92 Å². The summed E-state index contributed by atoms with van der Waals surface area (Å²) in [5, 5.41) is 25.5. The van der Waals surface area contributed by atoms with Crippen LogP contribution < -0.4 is 5.82 Å². The molecule has 0 saturated heterocycles. The molecular weight excluding hydrogens is 540 g/mol. The minimum absolute atomic E-state index is 0.0170. The van der Waals surface area contributed by atoms with E-state index in [1.165, 1.54) is 0 Å². The second kappa shape index (κ2) is 12.0. The van der Waals surface area contributed by atoms with Crippen molar-refractivity contribution in [3.05, 3.63) is 93.4 Å². The van der Waals surface area contributed by atoms with Crippen molar-refractivity contribution in [3.8, 4) is 22.5 Å². The molecule has 12 nitrogen and oxygen atoms in total. The number of imidazole rings is 1. The lowest BCUT2D eigenvalue weighted by atomic mass is 9.98. The van der Waals surface area contributed by atoms with Gasteiger partial charge in [-0.05, 0) is 54.3 Å². The largest absolute Gasteiger partial charge is 0.519 e. The molecule has 0 aliphatic carbocycles. The second-order valence-electron chi connectivity index (χ2n) is 10.5. The third-order valence-corrected chi connectivity index (χ3v) is 6.88. The number of aromatic nitrogens is 6. The smallest absolute Gasteiger partial charge is 0.453 e. The van der Waals surface area contributed by atoms with Gasteiger partial charge < -0.3 is 23.2 Å². The number of aryl methyl sites for hydroxylation is 2. The number of unbranched alkanes of at least 4 members (excludes halogenated alkanes) is 1. The zero-order valence-electron chi connectivity index (χ0n) is 23.9. The molecule has 0 saturated carbocycles. The SMILES string of the molecule is CCCCc1nc(C(=O)OCc2oc(=O)oc2C)c(C(C)(C)O)n1Cc1ccc(-c2ccccc2-c2nnn[nH]2)cc1. The normalized spacial score (nSPS) is 11.6. The molecule has 0 atom stereocenters. The lowest BCUT2D eigenvalue weighted by Crippen LogP contribution is -2.25. The number of tetrazole rings is 1. The maximum atomic E-state index is 13.3. The van der Waals surface area contributed by atoms with Gasteiger partial charge in [-0.2, -0.15) is 0 Å². The molecule has 3 heterocycles. The quantitative estimate of drug-likeness (QED) is 0.215. The van der Waals surface area contributed by atoms with E-state index in [-0.39, 0.29) is 23.8 Å². The zero-order chi connectivity index (χ0) is 29.9. The first-order valence-corrected chi connectivity index (χ1v) is 13.7.